The molecule has 1 aliphatic rings. The van der Waals surface area contributed by atoms with E-state index in [0.29, 0.717) is 12.6 Å². The first-order valence-corrected chi connectivity index (χ1v) is 8.06. The van der Waals surface area contributed by atoms with E-state index in [1.165, 1.54) is 25.7 Å². The molecule has 5 heteroatoms. The molecule has 1 atom stereocenters. The Balaban J connectivity index is 1.69. The van der Waals surface area contributed by atoms with Crippen LogP contribution >= 0.6 is 11.3 Å². The molecule has 1 fully saturated rings. The minimum Gasteiger partial charge on any atom is -0.352 e. The smallest absolute Gasteiger partial charge is 0.234 e. The van der Waals surface area contributed by atoms with Crippen molar-refractivity contribution in [2.75, 3.05) is 6.54 Å². The predicted molar refractivity (Wildman–Crippen MR) is 78.2 cm³/mol. The van der Waals surface area contributed by atoms with Gasteiger partial charge in [0, 0.05) is 17.6 Å². The van der Waals surface area contributed by atoms with Gasteiger partial charge in [0.15, 0.2) is 0 Å². The van der Waals surface area contributed by atoms with Gasteiger partial charge >= 0.3 is 0 Å². The van der Waals surface area contributed by atoms with E-state index in [9.17, 15) is 4.79 Å². The van der Waals surface area contributed by atoms with Crippen LogP contribution < -0.4 is 10.6 Å². The summed E-state index contributed by atoms with van der Waals surface area (Å²) in [5, 5.41) is 9.35. The van der Waals surface area contributed by atoms with Gasteiger partial charge in [0.1, 0.15) is 5.01 Å². The van der Waals surface area contributed by atoms with Crippen LogP contribution in [-0.4, -0.2) is 23.5 Å². The van der Waals surface area contributed by atoms with Gasteiger partial charge in [0.05, 0.1) is 12.6 Å². The van der Waals surface area contributed by atoms with Crippen LogP contribution in [0.15, 0.2) is 11.6 Å². The van der Waals surface area contributed by atoms with Gasteiger partial charge in [-0.05, 0) is 19.8 Å². The van der Waals surface area contributed by atoms with Crippen molar-refractivity contribution in [3.8, 4) is 0 Å². The fraction of sp³-hybridized carbons (Fsp3) is 0.714. The molecular weight excluding hydrogens is 258 g/mol. The van der Waals surface area contributed by atoms with E-state index in [0.717, 1.165) is 17.8 Å². The van der Waals surface area contributed by atoms with Crippen LogP contribution in [-0.2, 0) is 4.79 Å². The molecule has 106 valence electrons. The first-order chi connectivity index (χ1) is 9.25. The van der Waals surface area contributed by atoms with E-state index < -0.39 is 0 Å². The zero-order valence-electron chi connectivity index (χ0n) is 11.5. The lowest BCUT2D eigenvalue weighted by atomic mass is 10.1. The van der Waals surface area contributed by atoms with Crippen molar-refractivity contribution in [2.24, 2.45) is 0 Å². The summed E-state index contributed by atoms with van der Waals surface area (Å²) in [6.45, 7) is 2.41. The van der Waals surface area contributed by atoms with E-state index in [2.05, 4.69) is 15.6 Å². The topological polar surface area (TPSA) is 54.0 Å². The molecule has 1 aromatic rings. The van der Waals surface area contributed by atoms with Gasteiger partial charge in [0.2, 0.25) is 5.91 Å². The van der Waals surface area contributed by atoms with Crippen molar-refractivity contribution in [1.29, 1.82) is 0 Å². The van der Waals surface area contributed by atoms with E-state index >= 15 is 0 Å². The molecule has 1 unspecified atom stereocenters. The summed E-state index contributed by atoms with van der Waals surface area (Å²) in [6.07, 6.45) is 9.17. The Kier molecular flexibility index (Phi) is 5.79. The highest BCUT2D eigenvalue weighted by Crippen LogP contribution is 2.17. The lowest BCUT2D eigenvalue weighted by Gasteiger charge is -2.17. The van der Waals surface area contributed by atoms with E-state index in [4.69, 9.17) is 0 Å². The van der Waals surface area contributed by atoms with Crippen LogP contribution in [0.1, 0.15) is 56.5 Å². The normalized spacial score (nSPS) is 18.8. The van der Waals surface area contributed by atoms with Crippen molar-refractivity contribution in [1.82, 2.24) is 15.6 Å². The van der Waals surface area contributed by atoms with Crippen molar-refractivity contribution in [3.05, 3.63) is 16.6 Å². The number of nitrogens with zero attached hydrogens (tertiary/aromatic N) is 1. The summed E-state index contributed by atoms with van der Waals surface area (Å²) in [4.78, 5) is 16.2. The maximum atomic E-state index is 11.9. The van der Waals surface area contributed by atoms with Gasteiger partial charge < -0.3 is 5.32 Å². The number of hydrogen-bond acceptors (Lipinski definition) is 4. The molecule has 0 aliphatic heterocycles. The average Bonchev–Trinajstić information content (AvgIpc) is 2.82. The number of hydrogen-bond donors (Lipinski definition) is 2. The molecule has 1 saturated carbocycles. The molecule has 0 bridgehead atoms. The molecule has 0 saturated heterocycles. The van der Waals surface area contributed by atoms with Gasteiger partial charge in [0.25, 0.3) is 0 Å². The van der Waals surface area contributed by atoms with Crippen LogP contribution in [0.4, 0.5) is 0 Å². The third-order valence-corrected chi connectivity index (χ3v) is 4.57. The van der Waals surface area contributed by atoms with Crippen molar-refractivity contribution in [3.63, 3.8) is 0 Å². The van der Waals surface area contributed by atoms with Gasteiger partial charge in [-0.3, -0.25) is 10.1 Å². The van der Waals surface area contributed by atoms with Gasteiger partial charge in [-0.2, -0.15) is 0 Å². The van der Waals surface area contributed by atoms with Crippen molar-refractivity contribution < 1.29 is 4.79 Å². The molecule has 2 rings (SSSR count). The molecule has 0 radical (unpaired) electrons. The predicted octanol–water partition coefficient (Wildman–Crippen LogP) is 2.63. The van der Waals surface area contributed by atoms with Crippen LogP contribution in [0.3, 0.4) is 0 Å². The maximum Gasteiger partial charge on any atom is 0.234 e. The highest BCUT2D eigenvalue weighted by molar-refractivity contribution is 7.09. The summed E-state index contributed by atoms with van der Waals surface area (Å²) < 4.78 is 0. The quantitative estimate of drug-likeness (QED) is 0.816. The van der Waals surface area contributed by atoms with Crippen molar-refractivity contribution >= 4 is 17.2 Å². The Morgan fingerprint density at radius 1 is 1.42 bits per heavy atom. The Hall–Kier alpha value is -0.940. The monoisotopic (exact) mass is 281 g/mol. The molecule has 4 nitrogen and oxygen atoms in total. The third kappa shape index (κ3) is 4.91. The second-order valence-corrected chi connectivity index (χ2v) is 6.16. The Morgan fingerprint density at radius 3 is 2.79 bits per heavy atom. The lowest BCUT2D eigenvalue weighted by molar-refractivity contribution is -0.121. The van der Waals surface area contributed by atoms with Gasteiger partial charge in [-0.25, -0.2) is 4.98 Å². The summed E-state index contributed by atoms with van der Waals surface area (Å²) in [5.74, 6) is 0.107. The molecule has 2 N–H and O–H groups in total. The number of thiazole rings is 1. The minimum atomic E-state index is 0.107. The molecule has 19 heavy (non-hydrogen) atoms. The summed E-state index contributed by atoms with van der Waals surface area (Å²) in [5.41, 5.74) is 0. The molecule has 1 aliphatic carbocycles. The Labute approximate surface area is 119 Å². The zero-order valence-corrected chi connectivity index (χ0v) is 12.3. The van der Waals surface area contributed by atoms with Crippen LogP contribution in [0.25, 0.3) is 0 Å². The van der Waals surface area contributed by atoms with E-state index in [-0.39, 0.29) is 11.9 Å². The first kappa shape index (κ1) is 14.5. The molecular formula is C14H23N3OS. The fourth-order valence-corrected chi connectivity index (χ4v) is 3.15. The van der Waals surface area contributed by atoms with E-state index in [1.54, 1.807) is 17.5 Å². The second kappa shape index (κ2) is 7.60. The molecule has 0 aromatic carbocycles. The molecule has 1 aromatic heterocycles. The highest BCUT2D eigenvalue weighted by Gasteiger charge is 2.15. The summed E-state index contributed by atoms with van der Waals surface area (Å²) >= 11 is 1.62. The summed E-state index contributed by atoms with van der Waals surface area (Å²) in [6, 6.07) is 0.520. The standard InChI is InChI=1S/C14H23N3OS/c1-11(14-15-8-9-19-14)16-10-13(18)17-12-6-4-2-3-5-7-12/h8-9,11-12,16H,2-7,10H2,1H3,(H,17,18). The molecule has 1 amide bonds. The number of carbonyl (C=O) groups excluding carboxylic acids is 1. The number of nitrogens with one attached hydrogen (secondary N) is 2. The lowest BCUT2D eigenvalue weighted by Crippen LogP contribution is -2.40. The average molecular weight is 281 g/mol. The van der Waals surface area contributed by atoms with Gasteiger partial charge in [-0.1, -0.05) is 25.7 Å². The van der Waals surface area contributed by atoms with Crippen LogP contribution in [0, 0.1) is 0 Å². The van der Waals surface area contributed by atoms with Crippen LogP contribution in [0.2, 0.25) is 0 Å². The van der Waals surface area contributed by atoms with Crippen LogP contribution in [0.5, 0.6) is 0 Å². The zero-order chi connectivity index (χ0) is 13.5. The molecule has 0 spiro atoms. The number of aromatic nitrogens is 1. The maximum absolute atomic E-state index is 11.9. The first-order valence-electron chi connectivity index (χ1n) is 7.18. The van der Waals surface area contributed by atoms with E-state index in [1.807, 2.05) is 12.3 Å². The van der Waals surface area contributed by atoms with Gasteiger partial charge in [-0.15, -0.1) is 11.3 Å². The number of carbonyl (C=O) groups is 1. The fourth-order valence-electron chi connectivity index (χ4n) is 2.48. The molecule has 1 heterocycles. The SMILES string of the molecule is CC(NCC(=O)NC1CCCCCC1)c1nccs1. The Bertz CT molecular complexity index is 372. The largest absolute Gasteiger partial charge is 0.352 e. The minimum absolute atomic E-state index is 0.107. The summed E-state index contributed by atoms with van der Waals surface area (Å²) in [7, 11) is 0. The number of rotatable bonds is 5. The second-order valence-electron chi connectivity index (χ2n) is 5.23. The number of amides is 1. The third-order valence-electron chi connectivity index (χ3n) is 3.61. The van der Waals surface area contributed by atoms with Crippen molar-refractivity contribution in [2.45, 2.75) is 57.5 Å². The Morgan fingerprint density at radius 2 is 2.16 bits per heavy atom. The highest BCUT2D eigenvalue weighted by atomic mass is 32.1.